The summed E-state index contributed by atoms with van der Waals surface area (Å²) in [5.41, 5.74) is 2.10. The standard InChI is InChI=1S/C15H17N3O2/c1-10(18-8-4-7-16-18)15(20)17-14-12-6-3-2-5-11(12)9-13(14)19/h2-8,10,13-14,19H,9H2,1H3,(H,17,20)/t10?,13-,14+/m1/s1. The minimum atomic E-state index is -0.568. The third-order valence-corrected chi connectivity index (χ3v) is 3.80. The number of nitrogens with one attached hydrogen (secondary N) is 1. The van der Waals surface area contributed by atoms with E-state index in [2.05, 4.69) is 10.4 Å². The summed E-state index contributed by atoms with van der Waals surface area (Å²) in [5, 5.41) is 17.1. The number of aliphatic hydroxyl groups is 1. The van der Waals surface area contributed by atoms with E-state index in [0.29, 0.717) is 6.42 Å². The molecular formula is C15H17N3O2. The van der Waals surface area contributed by atoms with Crippen molar-refractivity contribution in [1.82, 2.24) is 15.1 Å². The number of rotatable bonds is 3. The summed E-state index contributed by atoms with van der Waals surface area (Å²) < 4.78 is 1.60. The van der Waals surface area contributed by atoms with Gasteiger partial charge in [0.2, 0.25) is 5.91 Å². The fourth-order valence-electron chi connectivity index (χ4n) is 2.65. The van der Waals surface area contributed by atoms with E-state index in [9.17, 15) is 9.90 Å². The minimum absolute atomic E-state index is 0.144. The molecule has 1 unspecified atom stereocenters. The van der Waals surface area contributed by atoms with Crippen molar-refractivity contribution in [2.45, 2.75) is 31.5 Å². The third kappa shape index (κ3) is 2.20. The maximum Gasteiger partial charge on any atom is 0.245 e. The zero-order chi connectivity index (χ0) is 14.1. The van der Waals surface area contributed by atoms with Crippen LogP contribution in [0.15, 0.2) is 42.7 Å². The van der Waals surface area contributed by atoms with E-state index in [0.717, 1.165) is 11.1 Å². The number of hydrogen-bond acceptors (Lipinski definition) is 3. The summed E-state index contributed by atoms with van der Waals surface area (Å²) in [6.45, 7) is 1.79. The average molecular weight is 271 g/mol. The first-order chi connectivity index (χ1) is 9.66. The predicted octanol–water partition coefficient (Wildman–Crippen LogP) is 1.22. The van der Waals surface area contributed by atoms with Crippen LogP contribution in [0.4, 0.5) is 0 Å². The number of aliphatic hydroxyl groups excluding tert-OH is 1. The molecular weight excluding hydrogens is 254 g/mol. The molecule has 104 valence electrons. The molecule has 1 aliphatic carbocycles. The van der Waals surface area contributed by atoms with Gasteiger partial charge in [-0.25, -0.2) is 0 Å². The molecule has 1 heterocycles. The van der Waals surface area contributed by atoms with Gasteiger partial charge in [0.25, 0.3) is 0 Å². The van der Waals surface area contributed by atoms with E-state index < -0.39 is 12.1 Å². The van der Waals surface area contributed by atoms with Crippen LogP contribution in [0, 0.1) is 0 Å². The molecule has 0 aliphatic heterocycles. The Morgan fingerprint density at radius 1 is 1.45 bits per heavy atom. The second-order valence-electron chi connectivity index (χ2n) is 5.12. The van der Waals surface area contributed by atoms with Crippen LogP contribution in [-0.4, -0.2) is 26.9 Å². The van der Waals surface area contributed by atoms with E-state index in [-0.39, 0.29) is 11.9 Å². The molecule has 1 aliphatic rings. The maximum atomic E-state index is 12.3. The lowest BCUT2D eigenvalue weighted by Gasteiger charge is -2.20. The highest BCUT2D eigenvalue weighted by molar-refractivity contribution is 5.80. The third-order valence-electron chi connectivity index (χ3n) is 3.80. The minimum Gasteiger partial charge on any atom is -0.390 e. The van der Waals surface area contributed by atoms with Crippen LogP contribution < -0.4 is 5.32 Å². The van der Waals surface area contributed by atoms with E-state index in [1.165, 1.54) is 0 Å². The lowest BCUT2D eigenvalue weighted by atomic mass is 10.1. The van der Waals surface area contributed by atoms with E-state index in [1.807, 2.05) is 24.3 Å². The summed E-state index contributed by atoms with van der Waals surface area (Å²) in [7, 11) is 0. The number of carbonyl (C=O) groups excluding carboxylic acids is 1. The van der Waals surface area contributed by atoms with Crippen LogP contribution >= 0.6 is 0 Å². The molecule has 1 aromatic carbocycles. The van der Waals surface area contributed by atoms with Crippen molar-refractivity contribution >= 4 is 5.91 Å². The number of nitrogens with zero attached hydrogens (tertiary/aromatic N) is 2. The van der Waals surface area contributed by atoms with Crippen molar-refractivity contribution in [2.75, 3.05) is 0 Å². The largest absolute Gasteiger partial charge is 0.390 e. The average Bonchev–Trinajstić information content (AvgIpc) is 3.07. The SMILES string of the molecule is CC(C(=O)N[C@H]1c2ccccc2C[C@H]1O)n1cccn1. The Bertz CT molecular complexity index is 609. The van der Waals surface area contributed by atoms with Crippen molar-refractivity contribution in [2.24, 2.45) is 0 Å². The number of fused-ring (bicyclic) bond motifs is 1. The fraction of sp³-hybridized carbons (Fsp3) is 0.333. The Labute approximate surface area is 117 Å². The zero-order valence-corrected chi connectivity index (χ0v) is 11.2. The molecule has 1 amide bonds. The van der Waals surface area contributed by atoms with Gasteiger partial charge in [0.05, 0.1) is 12.1 Å². The van der Waals surface area contributed by atoms with Gasteiger partial charge in [-0.05, 0) is 24.1 Å². The van der Waals surface area contributed by atoms with E-state index in [4.69, 9.17) is 0 Å². The Balaban J connectivity index is 1.76. The van der Waals surface area contributed by atoms with Gasteiger partial charge in [-0.2, -0.15) is 5.10 Å². The molecule has 3 rings (SSSR count). The molecule has 0 spiro atoms. The van der Waals surface area contributed by atoms with Crippen LogP contribution in [0.2, 0.25) is 0 Å². The first-order valence-electron chi connectivity index (χ1n) is 6.72. The number of benzene rings is 1. The second-order valence-corrected chi connectivity index (χ2v) is 5.12. The smallest absolute Gasteiger partial charge is 0.245 e. The highest BCUT2D eigenvalue weighted by Crippen LogP contribution is 2.31. The van der Waals surface area contributed by atoms with Crippen molar-refractivity contribution in [3.8, 4) is 0 Å². The molecule has 20 heavy (non-hydrogen) atoms. The van der Waals surface area contributed by atoms with Crippen LogP contribution in [-0.2, 0) is 11.2 Å². The number of hydrogen-bond donors (Lipinski definition) is 2. The Kier molecular flexibility index (Phi) is 3.28. The van der Waals surface area contributed by atoms with Crippen LogP contribution in [0.5, 0.6) is 0 Å². The van der Waals surface area contributed by atoms with Gasteiger partial charge < -0.3 is 10.4 Å². The molecule has 0 radical (unpaired) electrons. The Hall–Kier alpha value is -2.14. The summed E-state index contributed by atoms with van der Waals surface area (Å²) in [6.07, 6.45) is 3.41. The second kappa shape index (κ2) is 5.09. The normalized spacial score (nSPS) is 22.3. The molecule has 2 aromatic rings. The molecule has 0 saturated heterocycles. The van der Waals surface area contributed by atoms with Crippen LogP contribution in [0.3, 0.4) is 0 Å². The summed E-state index contributed by atoms with van der Waals surface area (Å²) >= 11 is 0. The number of amides is 1. The first kappa shape index (κ1) is 12.9. The molecule has 2 N–H and O–H groups in total. The van der Waals surface area contributed by atoms with Gasteiger partial charge >= 0.3 is 0 Å². The van der Waals surface area contributed by atoms with E-state index >= 15 is 0 Å². The summed E-state index contributed by atoms with van der Waals surface area (Å²) in [6, 6.07) is 8.86. The van der Waals surface area contributed by atoms with Crippen molar-refractivity contribution in [3.05, 3.63) is 53.9 Å². The predicted molar refractivity (Wildman–Crippen MR) is 74.0 cm³/mol. The summed E-state index contributed by atoms with van der Waals surface area (Å²) in [4.78, 5) is 12.3. The van der Waals surface area contributed by atoms with Gasteiger partial charge in [-0.3, -0.25) is 9.48 Å². The van der Waals surface area contributed by atoms with Crippen molar-refractivity contribution in [1.29, 1.82) is 0 Å². The van der Waals surface area contributed by atoms with Crippen molar-refractivity contribution < 1.29 is 9.90 Å². The van der Waals surface area contributed by atoms with Gasteiger partial charge in [0, 0.05) is 18.8 Å². The molecule has 1 aromatic heterocycles. The molecule has 0 bridgehead atoms. The summed E-state index contributed by atoms with van der Waals surface area (Å²) in [5.74, 6) is -0.144. The molecule has 3 atom stereocenters. The topological polar surface area (TPSA) is 67.2 Å². The van der Waals surface area contributed by atoms with Gasteiger partial charge in [0.15, 0.2) is 0 Å². The highest BCUT2D eigenvalue weighted by atomic mass is 16.3. The molecule has 0 saturated carbocycles. The number of carbonyl (C=O) groups is 1. The molecule has 0 fully saturated rings. The van der Waals surface area contributed by atoms with Gasteiger partial charge in [0.1, 0.15) is 6.04 Å². The van der Waals surface area contributed by atoms with Gasteiger partial charge in [-0.1, -0.05) is 24.3 Å². The fourth-order valence-corrected chi connectivity index (χ4v) is 2.65. The monoisotopic (exact) mass is 271 g/mol. The van der Waals surface area contributed by atoms with Crippen LogP contribution in [0.25, 0.3) is 0 Å². The molecule has 5 heteroatoms. The van der Waals surface area contributed by atoms with Crippen LogP contribution in [0.1, 0.15) is 30.1 Å². The van der Waals surface area contributed by atoms with Gasteiger partial charge in [-0.15, -0.1) is 0 Å². The highest BCUT2D eigenvalue weighted by Gasteiger charge is 2.33. The lowest BCUT2D eigenvalue weighted by Crippen LogP contribution is -2.38. The van der Waals surface area contributed by atoms with Crippen molar-refractivity contribution in [3.63, 3.8) is 0 Å². The zero-order valence-electron chi connectivity index (χ0n) is 11.2. The first-order valence-corrected chi connectivity index (χ1v) is 6.72. The molecule has 5 nitrogen and oxygen atoms in total. The lowest BCUT2D eigenvalue weighted by molar-refractivity contribution is -0.125. The maximum absolute atomic E-state index is 12.3. The van der Waals surface area contributed by atoms with E-state index in [1.54, 1.807) is 30.1 Å². The Morgan fingerprint density at radius 3 is 3.00 bits per heavy atom. The Morgan fingerprint density at radius 2 is 2.25 bits per heavy atom. The quantitative estimate of drug-likeness (QED) is 0.882. The number of aromatic nitrogens is 2.